The largest absolute Gasteiger partial charge is 0.486 e. The number of carbonyl (C=O) groups is 5. The molecule has 2 fully saturated rings. The topological polar surface area (TPSA) is 164 Å². The molecule has 13 nitrogen and oxygen atoms in total. The van der Waals surface area contributed by atoms with Gasteiger partial charge in [-0.05, 0) is 60.9 Å². The van der Waals surface area contributed by atoms with Gasteiger partial charge in [0.15, 0.2) is 11.5 Å². The third-order valence-corrected chi connectivity index (χ3v) is 11.2. The molecular weight excluding hydrogens is 738 g/mol. The number of Topliss-reactive ketones (excluding diaryl/α,β-unsaturated/α-hetero) is 1. The number of hydrogen-bond acceptors (Lipinski definition) is 9. The summed E-state index contributed by atoms with van der Waals surface area (Å²) in [4.78, 5) is 76.9. The summed E-state index contributed by atoms with van der Waals surface area (Å²) in [6, 6.07) is 11.2. The van der Waals surface area contributed by atoms with E-state index in [1.807, 2.05) is 58.0 Å². The van der Waals surface area contributed by atoms with Gasteiger partial charge in [-0.2, -0.15) is 0 Å². The lowest BCUT2D eigenvalue weighted by Crippen LogP contribution is -2.59. The number of ketones is 1. The summed E-state index contributed by atoms with van der Waals surface area (Å²) in [5.41, 5.74) is 2.53. The number of nitrogens with one attached hydrogen (secondary N) is 4. The van der Waals surface area contributed by atoms with E-state index in [1.165, 1.54) is 11.3 Å². The van der Waals surface area contributed by atoms with Crippen molar-refractivity contribution in [3.8, 4) is 11.5 Å². The van der Waals surface area contributed by atoms with Crippen molar-refractivity contribution in [2.75, 3.05) is 19.7 Å². The highest BCUT2D eigenvalue weighted by molar-refractivity contribution is 6.38. The van der Waals surface area contributed by atoms with Crippen LogP contribution in [-0.4, -0.2) is 83.8 Å². The first-order valence-corrected chi connectivity index (χ1v) is 20.2. The Balaban J connectivity index is 1.20. The Morgan fingerprint density at radius 3 is 2.46 bits per heavy atom. The van der Waals surface area contributed by atoms with Crippen LogP contribution in [0.3, 0.4) is 0 Å². The van der Waals surface area contributed by atoms with Crippen LogP contribution in [-0.2, 0) is 28.8 Å². The molecule has 1 unspecified atom stereocenters. The minimum absolute atomic E-state index is 0.00841. The monoisotopic (exact) mass is 791 g/mol. The van der Waals surface area contributed by atoms with Crippen molar-refractivity contribution < 1.29 is 38.3 Å². The minimum atomic E-state index is -1.15. The van der Waals surface area contributed by atoms with Gasteiger partial charge in [-0.15, -0.1) is 0 Å². The fourth-order valence-electron chi connectivity index (χ4n) is 7.95. The normalized spacial score (nSPS) is 23.1. The van der Waals surface area contributed by atoms with Crippen LogP contribution in [0.15, 0.2) is 54.6 Å². The number of carbonyl (C=O) groups excluding carboxylic acids is 5. The predicted octanol–water partition coefficient (Wildman–Crippen LogP) is 4.87. The number of para-hydroxylation sites is 2. The first-order chi connectivity index (χ1) is 26.7. The number of fused-ring (bicyclic) bond motifs is 1. The third kappa shape index (κ3) is 9.84. The van der Waals surface area contributed by atoms with Gasteiger partial charge in [0.2, 0.25) is 23.5 Å². The van der Waals surface area contributed by atoms with Gasteiger partial charge in [-0.1, -0.05) is 89.2 Å². The molecule has 1 saturated carbocycles. The molecule has 56 heavy (non-hydrogen) atoms. The van der Waals surface area contributed by atoms with E-state index in [2.05, 4.69) is 21.4 Å². The van der Waals surface area contributed by atoms with Gasteiger partial charge in [0, 0.05) is 23.4 Å². The van der Waals surface area contributed by atoms with E-state index in [0.29, 0.717) is 35.1 Å². The number of rotatable bonds is 13. The number of halogens is 1. The predicted molar refractivity (Wildman–Crippen MR) is 210 cm³/mol. The van der Waals surface area contributed by atoms with Crippen LogP contribution >= 0.6 is 11.6 Å². The van der Waals surface area contributed by atoms with E-state index >= 15 is 0 Å². The van der Waals surface area contributed by atoms with Crippen molar-refractivity contribution >= 4 is 46.7 Å². The van der Waals surface area contributed by atoms with Crippen LogP contribution in [0.2, 0.25) is 5.02 Å². The van der Waals surface area contributed by atoms with Crippen molar-refractivity contribution in [3.05, 3.63) is 65.2 Å². The third-order valence-electron chi connectivity index (χ3n) is 11.0. The quantitative estimate of drug-likeness (QED) is 0.208. The lowest BCUT2D eigenvalue weighted by molar-refractivity contribution is -0.145. The second-order valence-electron chi connectivity index (χ2n) is 16.5. The molecule has 302 valence electrons. The summed E-state index contributed by atoms with van der Waals surface area (Å²) in [5, 5.41) is 9.00. The molecule has 1 saturated heterocycles. The summed E-state index contributed by atoms with van der Waals surface area (Å²) < 4.78 is 11.6. The van der Waals surface area contributed by atoms with Crippen LogP contribution in [0.25, 0.3) is 5.70 Å². The number of hydroxylamine groups is 1. The van der Waals surface area contributed by atoms with Crippen LogP contribution in [0, 0.1) is 11.3 Å². The molecule has 2 aromatic carbocycles. The first-order valence-electron chi connectivity index (χ1n) is 19.8. The Morgan fingerprint density at radius 2 is 1.75 bits per heavy atom. The first kappa shape index (κ1) is 41.0. The van der Waals surface area contributed by atoms with E-state index in [1.54, 1.807) is 24.3 Å². The van der Waals surface area contributed by atoms with Gasteiger partial charge in [-0.3, -0.25) is 34.3 Å². The molecule has 6 rings (SSSR count). The minimum Gasteiger partial charge on any atom is -0.486 e. The number of nitrogens with zero attached hydrogens (tertiary/aromatic N) is 1. The zero-order valence-corrected chi connectivity index (χ0v) is 33.4. The van der Waals surface area contributed by atoms with Crippen LogP contribution in [0.5, 0.6) is 11.5 Å². The van der Waals surface area contributed by atoms with Gasteiger partial charge in [0.1, 0.15) is 30.4 Å². The Hall–Kier alpha value is -4.62. The standard InChI is InChI=1S/C42H54ClN5O8/c1-5-12-30(36(50)39(52)44-23-29-24-54-33-17-9-10-18-34(33)55-29)45-38(51)32-22-42(21-31(47-56-42)27-15-11-16-28(43)20-27)25-48(32)40(53)37(41(2,3)4)46-35(49)19-26-13-7-6-8-14-26/h9-11,15-18,20-21,26,29-30,32,37,47H,5-8,12-14,19,22-25H2,1-4H3,(H,44,52)(H,45,51)(H,46,49)/t29?,30-,32-,37+,42+/m0/s1. The zero-order valence-electron chi connectivity index (χ0n) is 32.7. The number of ether oxygens (including phenoxy) is 2. The SMILES string of the molecule is CCC[C@H](NC(=O)[C@@H]1C[C@]2(C=C(c3cccc(Cl)c3)NO2)CN1C(=O)[C@@H](NC(=O)CC1CCCCC1)C(C)(C)C)C(=O)C(=O)NCC1COc2ccccc2O1. The maximum Gasteiger partial charge on any atom is 0.289 e. The molecule has 5 atom stereocenters. The molecule has 4 N–H and O–H groups in total. The molecule has 3 heterocycles. The molecule has 4 aliphatic rings. The second-order valence-corrected chi connectivity index (χ2v) is 17.0. The van der Waals surface area contributed by atoms with E-state index in [0.717, 1.165) is 31.2 Å². The van der Waals surface area contributed by atoms with Crippen molar-refractivity contribution in [1.29, 1.82) is 0 Å². The second kappa shape index (κ2) is 17.7. The van der Waals surface area contributed by atoms with E-state index in [4.69, 9.17) is 25.9 Å². The van der Waals surface area contributed by atoms with Gasteiger partial charge in [-0.25, -0.2) is 0 Å². The van der Waals surface area contributed by atoms with E-state index in [-0.39, 0.29) is 44.4 Å². The molecule has 2 aromatic rings. The lowest BCUT2D eigenvalue weighted by atomic mass is 9.84. The summed E-state index contributed by atoms with van der Waals surface area (Å²) in [6.45, 7) is 7.67. The molecule has 0 radical (unpaired) electrons. The van der Waals surface area contributed by atoms with Crippen LogP contribution in [0.4, 0.5) is 0 Å². The number of benzene rings is 2. The number of likely N-dealkylation sites (tertiary alicyclic amines) is 1. The van der Waals surface area contributed by atoms with Crippen molar-refractivity contribution in [3.63, 3.8) is 0 Å². The Labute approximate surface area is 333 Å². The van der Waals surface area contributed by atoms with Gasteiger partial charge < -0.3 is 30.3 Å². The van der Waals surface area contributed by atoms with Gasteiger partial charge >= 0.3 is 0 Å². The Kier molecular flexibility index (Phi) is 12.9. The molecule has 1 aliphatic carbocycles. The molecule has 3 aliphatic heterocycles. The number of amides is 4. The van der Waals surface area contributed by atoms with Crippen LogP contribution < -0.4 is 30.9 Å². The Bertz CT molecular complexity index is 1820. The fraction of sp³-hybridized carbons (Fsp3) is 0.548. The zero-order chi connectivity index (χ0) is 40.0. The fourth-order valence-corrected chi connectivity index (χ4v) is 8.14. The maximum absolute atomic E-state index is 14.7. The Morgan fingerprint density at radius 1 is 1.00 bits per heavy atom. The van der Waals surface area contributed by atoms with Gasteiger partial charge in [0.05, 0.1) is 24.8 Å². The lowest BCUT2D eigenvalue weighted by Gasteiger charge is -2.36. The smallest absolute Gasteiger partial charge is 0.289 e. The van der Waals surface area contributed by atoms with Gasteiger partial charge in [0.25, 0.3) is 5.91 Å². The van der Waals surface area contributed by atoms with Crippen LogP contribution in [0.1, 0.15) is 91.0 Å². The summed E-state index contributed by atoms with van der Waals surface area (Å²) >= 11 is 6.28. The summed E-state index contributed by atoms with van der Waals surface area (Å²) in [6.07, 6.45) is 7.72. The highest BCUT2D eigenvalue weighted by Crippen LogP contribution is 2.39. The highest BCUT2D eigenvalue weighted by Gasteiger charge is 2.54. The summed E-state index contributed by atoms with van der Waals surface area (Å²) in [7, 11) is 0. The molecular formula is C42H54ClN5O8. The number of hydrogen-bond donors (Lipinski definition) is 4. The summed E-state index contributed by atoms with van der Waals surface area (Å²) in [5.74, 6) is -1.51. The van der Waals surface area contributed by atoms with E-state index in [9.17, 15) is 24.0 Å². The molecule has 0 aromatic heterocycles. The molecule has 0 bridgehead atoms. The average Bonchev–Trinajstić information content (AvgIpc) is 3.78. The molecule has 14 heteroatoms. The molecule has 1 spiro atoms. The average molecular weight is 792 g/mol. The maximum atomic E-state index is 14.7. The molecule has 4 amide bonds. The van der Waals surface area contributed by atoms with Crippen molar-refractivity contribution in [2.24, 2.45) is 11.3 Å². The van der Waals surface area contributed by atoms with E-state index < -0.39 is 58.8 Å². The van der Waals surface area contributed by atoms with Crippen molar-refractivity contribution in [1.82, 2.24) is 26.3 Å². The highest BCUT2D eigenvalue weighted by atomic mass is 35.5. The van der Waals surface area contributed by atoms with Crippen molar-refractivity contribution in [2.45, 2.75) is 115 Å².